The Morgan fingerprint density at radius 2 is 1.91 bits per heavy atom. The first kappa shape index (κ1) is 8.57. The molecule has 0 aromatic heterocycles. The lowest BCUT2D eigenvalue weighted by Gasteiger charge is -2.04. The van der Waals surface area contributed by atoms with E-state index in [9.17, 15) is 0 Å². The SMILES string of the molecule is CNCc1ccccc1CCl. The van der Waals surface area contributed by atoms with E-state index in [2.05, 4.69) is 17.4 Å². The van der Waals surface area contributed by atoms with Gasteiger partial charge in [-0.15, -0.1) is 11.6 Å². The second kappa shape index (κ2) is 4.37. The molecule has 0 radical (unpaired) electrons. The lowest BCUT2D eigenvalue weighted by atomic mass is 10.1. The Kier molecular flexibility index (Phi) is 3.40. The summed E-state index contributed by atoms with van der Waals surface area (Å²) in [6.45, 7) is 0.892. The Labute approximate surface area is 72.4 Å². The number of alkyl halides is 1. The van der Waals surface area contributed by atoms with Crippen LogP contribution >= 0.6 is 11.6 Å². The average molecular weight is 170 g/mol. The first-order valence-electron chi connectivity index (χ1n) is 3.66. The summed E-state index contributed by atoms with van der Waals surface area (Å²) < 4.78 is 0. The largest absolute Gasteiger partial charge is 0.316 e. The molecule has 1 aromatic rings. The molecule has 60 valence electrons. The van der Waals surface area contributed by atoms with Gasteiger partial charge in [-0.25, -0.2) is 0 Å². The minimum atomic E-state index is 0.595. The van der Waals surface area contributed by atoms with E-state index in [-0.39, 0.29) is 0 Å². The summed E-state index contributed by atoms with van der Waals surface area (Å²) in [7, 11) is 1.94. The fraction of sp³-hybridized carbons (Fsp3) is 0.333. The molecule has 1 N–H and O–H groups in total. The number of hydrogen-bond acceptors (Lipinski definition) is 1. The molecule has 0 unspecified atom stereocenters. The van der Waals surface area contributed by atoms with Gasteiger partial charge in [0.05, 0.1) is 0 Å². The van der Waals surface area contributed by atoms with Crippen LogP contribution in [0, 0.1) is 0 Å². The normalized spacial score (nSPS) is 10.0. The molecule has 11 heavy (non-hydrogen) atoms. The molecular weight excluding hydrogens is 158 g/mol. The molecule has 2 heteroatoms. The molecule has 0 aliphatic heterocycles. The van der Waals surface area contributed by atoms with Gasteiger partial charge in [-0.2, -0.15) is 0 Å². The van der Waals surface area contributed by atoms with Gasteiger partial charge in [0.25, 0.3) is 0 Å². The molecule has 0 heterocycles. The van der Waals surface area contributed by atoms with Crippen LogP contribution in [0.3, 0.4) is 0 Å². The van der Waals surface area contributed by atoms with Gasteiger partial charge in [0.2, 0.25) is 0 Å². The Bertz CT molecular complexity index is 223. The zero-order chi connectivity index (χ0) is 8.10. The van der Waals surface area contributed by atoms with Crippen LogP contribution in [0.1, 0.15) is 11.1 Å². The van der Waals surface area contributed by atoms with Gasteiger partial charge < -0.3 is 5.32 Å². The van der Waals surface area contributed by atoms with Crippen LogP contribution in [0.4, 0.5) is 0 Å². The van der Waals surface area contributed by atoms with E-state index in [0.29, 0.717) is 5.88 Å². The molecule has 0 spiro atoms. The fourth-order valence-corrected chi connectivity index (χ4v) is 1.31. The number of nitrogens with one attached hydrogen (secondary N) is 1. The minimum absolute atomic E-state index is 0.595. The highest BCUT2D eigenvalue weighted by Crippen LogP contribution is 2.10. The maximum Gasteiger partial charge on any atom is 0.0477 e. The van der Waals surface area contributed by atoms with Crippen molar-refractivity contribution in [3.8, 4) is 0 Å². The summed E-state index contributed by atoms with van der Waals surface area (Å²) >= 11 is 5.74. The van der Waals surface area contributed by atoms with Crippen molar-refractivity contribution in [2.24, 2.45) is 0 Å². The van der Waals surface area contributed by atoms with Crippen LogP contribution < -0.4 is 5.32 Å². The standard InChI is InChI=1S/C9H12ClN/c1-11-7-9-5-3-2-4-8(9)6-10/h2-5,11H,6-7H2,1H3. The quantitative estimate of drug-likeness (QED) is 0.684. The number of hydrogen-bond donors (Lipinski definition) is 1. The Hall–Kier alpha value is -0.530. The third-order valence-electron chi connectivity index (χ3n) is 1.63. The maximum absolute atomic E-state index is 5.74. The maximum atomic E-state index is 5.74. The van der Waals surface area contributed by atoms with Crippen molar-refractivity contribution in [1.29, 1.82) is 0 Å². The highest BCUT2D eigenvalue weighted by Gasteiger charge is 1.96. The van der Waals surface area contributed by atoms with Gasteiger partial charge >= 0.3 is 0 Å². The summed E-state index contributed by atoms with van der Waals surface area (Å²) in [5.74, 6) is 0.595. The van der Waals surface area contributed by atoms with Crippen molar-refractivity contribution in [2.45, 2.75) is 12.4 Å². The molecule has 0 fully saturated rings. The molecule has 0 atom stereocenters. The van der Waals surface area contributed by atoms with Gasteiger partial charge in [-0.05, 0) is 18.2 Å². The lowest BCUT2D eigenvalue weighted by Crippen LogP contribution is -2.06. The molecular formula is C9H12ClN. The van der Waals surface area contributed by atoms with Crippen LogP contribution in [0.2, 0.25) is 0 Å². The summed E-state index contributed by atoms with van der Waals surface area (Å²) in [4.78, 5) is 0. The molecule has 0 saturated carbocycles. The summed E-state index contributed by atoms with van der Waals surface area (Å²) in [5.41, 5.74) is 2.49. The molecule has 0 saturated heterocycles. The van der Waals surface area contributed by atoms with E-state index in [1.165, 1.54) is 11.1 Å². The van der Waals surface area contributed by atoms with E-state index in [1.807, 2.05) is 19.2 Å². The van der Waals surface area contributed by atoms with E-state index in [4.69, 9.17) is 11.6 Å². The van der Waals surface area contributed by atoms with Gasteiger partial charge in [0, 0.05) is 12.4 Å². The van der Waals surface area contributed by atoms with Crippen molar-refractivity contribution < 1.29 is 0 Å². The number of halogens is 1. The topological polar surface area (TPSA) is 12.0 Å². The van der Waals surface area contributed by atoms with E-state index in [1.54, 1.807) is 0 Å². The highest BCUT2D eigenvalue weighted by molar-refractivity contribution is 6.17. The minimum Gasteiger partial charge on any atom is -0.316 e. The molecule has 0 amide bonds. The van der Waals surface area contributed by atoms with Crippen molar-refractivity contribution in [3.05, 3.63) is 35.4 Å². The fourth-order valence-electron chi connectivity index (χ4n) is 1.05. The smallest absolute Gasteiger partial charge is 0.0477 e. The van der Waals surface area contributed by atoms with Crippen LogP contribution in [0.15, 0.2) is 24.3 Å². The molecule has 0 bridgehead atoms. The van der Waals surface area contributed by atoms with Crippen LogP contribution in [0.5, 0.6) is 0 Å². The van der Waals surface area contributed by atoms with Crippen molar-refractivity contribution in [2.75, 3.05) is 7.05 Å². The Morgan fingerprint density at radius 3 is 2.45 bits per heavy atom. The van der Waals surface area contributed by atoms with Crippen molar-refractivity contribution >= 4 is 11.6 Å². The first-order valence-corrected chi connectivity index (χ1v) is 4.19. The number of benzene rings is 1. The third kappa shape index (κ3) is 2.21. The zero-order valence-corrected chi connectivity index (χ0v) is 7.36. The summed E-state index contributed by atoms with van der Waals surface area (Å²) in [6, 6.07) is 8.19. The van der Waals surface area contributed by atoms with E-state index < -0.39 is 0 Å². The van der Waals surface area contributed by atoms with Gasteiger partial charge in [-0.1, -0.05) is 24.3 Å². The lowest BCUT2D eigenvalue weighted by molar-refractivity contribution is 0.811. The first-order chi connectivity index (χ1) is 5.38. The van der Waals surface area contributed by atoms with Crippen LogP contribution in [-0.2, 0) is 12.4 Å². The van der Waals surface area contributed by atoms with Gasteiger partial charge in [-0.3, -0.25) is 0 Å². The monoisotopic (exact) mass is 169 g/mol. The van der Waals surface area contributed by atoms with Gasteiger partial charge in [0.1, 0.15) is 0 Å². The second-order valence-corrected chi connectivity index (χ2v) is 2.70. The Morgan fingerprint density at radius 1 is 1.27 bits per heavy atom. The summed E-state index contributed by atoms with van der Waals surface area (Å²) in [5, 5.41) is 3.10. The van der Waals surface area contributed by atoms with Crippen molar-refractivity contribution in [1.82, 2.24) is 5.32 Å². The molecule has 0 aliphatic rings. The average Bonchev–Trinajstić information content (AvgIpc) is 2.06. The van der Waals surface area contributed by atoms with Crippen LogP contribution in [-0.4, -0.2) is 7.05 Å². The highest BCUT2D eigenvalue weighted by atomic mass is 35.5. The predicted molar refractivity (Wildman–Crippen MR) is 48.8 cm³/mol. The summed E-state index contributed by atoms with van der Waals surface area (Å²) in [6.07, 6.45) is 0. The Balaban J connectivity index is 2.83. The van der Waals surface area contributed by atoms with Crippen LogP contribution in [0.25, 0.3) is 0 Å². The molecule has 0 aliphatic carbocycles. The zero-order valence-electron chi connectivity index (χ0n) is 6.60. The van der Waals surface area contributed by atoms with Crippen molar-refractivity contribution in [3.63, 3.8) is 0 Å². The van der Waals surface area contributed by atoms with E-state index in [0.717, 1.165) is 6.54 Å². The second-order valence-electron chi connectivity index (χ2n) is 2.43. The predicted octanol–water partition coefficient (Wildman–Crippen LogP) is 2.14. The van der Waals surface area contributed by atoms with E-state index >= 15 is 0 Å². The molecule has 1 nitrogen and oxygen atoms in total. The molecule has 1 rings (SSSR count). The van der Waals surface area contributed by atoms with Gasteiger partial charge in [0.15, 0.2) is 0 Å². The third-order valence-corrected chi connectivity index (χ3v) is 1.92. The number of rotatable bonds is 3. The molecule has 1 aromatic carbocycles.